The van der Waals surface area contributed by atoms with Crippen LogP contribution < -0.4 is 28.0 Å². The second-order valence-electron chi connectivity index (χ2n) is 6.19. The number of rotatable bonds is 4. The summed E-state index contributed by atoms with van der Waals surface area (Å²) >= 11 is 0. The van der Waals surface area contributed by atoms with Crippen LogP contribution in [-0.2, 0) is 12.4 Å². The summed E-state index contributed by atoms with van der Waals surface area (Å²) in [5.41, 5.74) is 4.28. The predicted octanol–water partition coefficient (Wildman–Crippen LogP) is 3.35. The molecule has 0 saturated carbocycles. The van der Waals surface area contributed by atoms with Crippen molar-refractivity contribution in [3.05, 3.63) is 90.0 Å². The Kier molecular flexibility index (Phi) is 10.7. The number of alkyl halides is 6. The minimum Gasteiger partial charge on any atom is -0.423 e. The summed E-state index contributed by atoms with van der Waals surface area (Å²) in [6, 6.07) is 20.4. The molecule has 0 aliphatic carbocycles. The molecule has 3 aromatic carbocycles. The maximum Gasteiger partial charge on any atom is 0.488 e. The molecule has 0 atom stereocenters. The number of nitrogens with one attached hydrogen (secondary N) is 2. The SMILES string of the molecule is NN.OB(O)c1cc(C(F)(F)F)cc(C(F)(F)F)c1.c1ccc(NNc2ccccc2)cc1. The molecular weight excluding hydrogens is 453 g/mol. The van der Waals surface area contributed by atoms with Crippen molar-refractivity contribution in [1.29, 1.82) is 0 Å². The Morgan fingerprint density at radius 2 is 0.939 bits per heavy atom. The van der Waals surface area contributed by atoms with E-state index in [1.165, 1.54) is 0 Å². The summed E-state index contributed by atoms with van der Waals surface area (Å²) in [7, 11) is -2.40. The van der Waals surface area contributed by atoms with Gasteiger partial charge in [0.25, 0.3) is 0 Å². The highest BCUT2D eigenvalue weighted by Gasteiger charge is 2.37. The van der Waals surface area contributed by atoms with Gasteiger partial charge in [0.05, 0.1) is 22.5 Å². The van der Waals surface area contributed by atoms with Crippen molar-refractivity contribution in [2.24, 2.45) is 11.7 Å². The van der Waals surface area contributed by atoms with Crippen molar-refractivity contribution in [2.75, 3.05) is 10.9 Å². The topological polar surface area (TPSA) is 117 Å². The molecule has 0 bridgehead atoms. The lowest BCUT2D eigenvalue weighted by atomic mass is 9.78. The van der Waals surface area contributed by atoms with Gasteiger partial charge in [0.1, 0.15) is 0 Å². The fourth-order valence-electron chi connectivity index (χ4n) is 2.32. The van der Waals surface area contributed by atoms with Crippen LogP contribution in [0.3, 0.4) is 0 Å². The van der Waals surface area contributed by atoms with Gasteiger partial charge in [-0.3, -0.25) is 11.7 Å². The summed E-state index contributed by atoms with van der Waals surface area (Å²) < 4.78 is 73.6. The molecule has 178 valence electrons. The zero-order valence-electron chi connectivity index (χ0n) is 16.9. The molecule has 0 aromatic heterocycles. The van der Waals surface area contributed by atoms with E-state index in [4.69, 9.17) is 10.0 Å². The number of benzene rings is 3. The quantitative estimate of drug-likeness (QED) is 0.150. The molecule has 3 rings (SSSR count). The van der Waals surface area contributed by atoms with Gasteiger partial charge in [-0.05, 0) is 35.8 Å². The fourth-order valence-corrected chi connectivity index (χ4v) is 2.32. The van der Waals surface area contributed by atoms with Crippen molar-refractivity contribution in [1.82, 2.24) is 0 Å². The highest BCUT2D eigenvalue weighted by Crippen LogP contribution is 2.34. The van der Waals surface area contributed by atoms with E-state index < -0.39 is 36.1 Å². The Morgan fingerprint density at radius 3 is 1.21 bits per heavy atom. The van der Waals surface area contributed by atoms with Gasteiger partial charge in [-0.15, -0.1) is 0 Å². The highest BCUT2D eigenvalue weighted by molar-refractivity contribution is 6.58. The molecule has 8 N–H and O–H groups in total. The van der Waals surface area contributed by atoms with Crippen LogP contribution >= 0.6 is 0 Å². The summed E-state index contributed by atoms with van der Waals surface area (Å²) in [5, 5.41) is 17.2. The number of para-hydroxylation sites is 2. The second kappa shape index (κ2) is 12.7. The van der Waals surface area contributed by atoms with Crippen LogP contribution in [0.1, 0.15) is 11.1 Å². The molecule has 0 aliphatic heterocycles. The lowest BCUT2D eigenvalue weighted by Crippen LogP contribution is -2.32. The Hall–Kier alpha value is -3.26. The summed E-state index contributed by atoms with van der Waals surface area (Å²) in [6.45, 7) is 0. The zero-order chi connectivity index (χ0) is 25.1. The summed E-state index contributed by atoms with van der Waals surface area (Å²) in [6.07, 6.45) is -9.99. The predicted molar refractivity (Wildman–Crippen MR) is 115 cm³/mol. The van der Waals surface area contributed by atoms with E-state index in [1.807, 2.05) is 60.7 Å². The minimum atomic E-state index is -5.00. The fraction of sp³-hybridized carbons (Fsp3) is 0.100. The van der Waals surface area contributed by atoms with Gasteiger partial charge in [0.15, 0.2) is 0 Å². The largest absolute Gasteiger partial charge is 0.488 e. The van der Waals surface area contributed by atoms with Gasteiger partial charge in [-0.2, -0.15) is 26.3 Å². The van der Waals surface area contributed by atoms with Crippen LogP contribution in [0.4, 0.5) is 37.7 Å². The molecule has 3 aromatic rings. The molecule has 0 aliphatic rings. The van der Waals surface area contributed by atoms with E-state index in [0.717, 1.165) is 11.4 Å². The van der Waals surface area contributed by atoms with Gasteiger partial charge < -0.3 is 20.9 Å². The van der Waals surface area contributed by atoms with Crippen molar-refractivity contribution >= 4 is 24.0 Å². The second-order valence-corrected chi connectivity index (χ2v) is 6.19. The standard InChI is InChI=1S/C12H12N2.C8H5BF6O2.H4N2/c1-3-7-11(8-4-1)13-14-12-9-5-2-6-10-12;10-7(11,12)4-1-5(8(13,14)15)3-6(2-4)9(16)17;1-2/h1-10,13-14H;1-3,16-17H;1-2H2. The molecule has 13 heteroatoms. The summed E-state index contributed by atoms with van der Waals surface area (Å²) in [5.74, 6) is 8.00. The molecule has 0 radical (unpaired) electrons. The Balaban J connectivity index is 0.000000311. The maximum atomic E-state index is 12.3. The number of nitrogens with two attached hydrogens (primary N) is 2. The van der Waals surface area contributed by atoms with Crippen molar-refractivity contribution in [2.45, 2.75) is 12.4 Å². The first kappa shape index (κ1) is 27.8. The highest BCUT2D eigenvalue weighted by atomic mass is 19.4. The molecular formula is C20H21BF6N4O2. The van der Waals surface area contributed by atoms with Crippen molar-refractivity contribution < 1.29 is 36.4 Å². The van der Waals surface area contributed by atoms with E-state index in [-0.39, 0.29) is 18.2 Å². The van der Waals surface area contributed by atoms with Gasteiger partial charge >= 0.3 is 19.5 Å². The third-order valence-electron chi connectivity index (χ3n) is 3.81. The zero-order valence-corrected chi connectivity index (χ0v) is 16.9. The van der Waals surface area contributed by atoms with Crippen LogP contribution in [0.25, 0.3) is 0 Å². The van der Waals surface area contributed by atoms with E-state index in [1.54, 1.807) is 0 Å². The lowest BCUT2D eigenvalue weighted by Gasteiger charge is -2.13. The van der Waals surface area contributed by atoms with Gasteiger partial charge in [0, 0.05) is 0 Å². The van der Waals surface area contributed by atoms with Crippen molar-refractivity contribution in [3.63, 3.8) is 0 Å². The Bertz CT molecular complexity index is 887. The first-order valence-electron chi connectivity index (χ1n) is 9.08. The molecule has 0 heterocycles. The molecule has 6 nitrogen and oxygen atoms in total. The molecule has 0 unspecified atom stereocenters. The third-order valence-corrected chi connectivity index (χ3v) is 3.81. The molecule has 0 saturated heterocycles. The number of halogens is 6. The van der Waals surface area contributed by atoms with Gasteiger partial charge in [-0.25, -0.2) is 0 Å². The maximum absolute atomic E-state index is 12.3. The van der Waals surface area contributed by atoms with Gasteiger partial charge in [0.2, 0.25) is 0 Å². The molecule has 0 amide bonds. The molecule has 0 fully saturated rings. The van der Waals surface area contributed by atoms with E-state index in [2.05, 4.69) is 22.5 Å². The Labute approximate surface area is 185 Å². The Morgan fingerprint density at radius 1 is 0.606 bits per heavy atom. The smallest absolute Gasteiger partial charge is 0.423 e. The summed E-state index contributed by atoms with van der Waals surface area (Å²) in [4.78, 5) is 0. The number of hydrogen-bond donors (Lipinski definition) is 6. The normalized spacial score (nSPS) is 10.7. The van der Waals surface area contributed by atoms with E-state index >= 15 is 0 Å². The van der Waals surface area contributed by atoms with Crippen molar-refractivity contribution in [3.8, 4) is 0 Å². The average molecular weight is 474 g/mol. The van der Waals surface area contributed by atoms with Gasteiger partial charge in [-0.1, -0.05) is 48.5 Å². The molecule has 0 spiro atoms. The number of hydrazine groups is 2. The van der Waals surface area contributed by atoms with Crippen LogP contribution in [0.2, 0.25) is 0 Å². The average Bonchev–Trinajstić information content (AvgIpc) is 2.79. The lowest BCUT2D eigenvalue weighted by molar-refractivity contribution is -0.142. The monoisotopic (exact) mass is 474 g/mol. The first-order chi connectivity index (χ1) is 15.5. The molecule has 33 heavy (non-hydrogen) atoms. The minimum absolute atomic E-state index is 0.0914. The first-order valence-corrected chi connectivity index (χ1v) is 9.08. The van der Waals surface area contributed by atoms with Crippen LogP contribution in [0.5, 0.6) is 0 Å². The third kappa shape index (κ3) is 9.83. The number of hydrogen-bond acceptors (Lipinski definition) is 6. The van der Waals surface area contributed by atoms with Crippen LogP contribution in [0, 0.1) is 0 Å². The van der Waals surface area contributed by atoms with E-state index in [0.29, 0.717) is 0 Å². The number of anilines is 2. The van der Waals surface area contributed by atoms with Crippen LogP contribution in [0.15, 0.2) is 78.9 Å². The van der Waals surface area contributed by atoms with E-state index in [9.17, 15) is 26.3 Å². The van der Waals surface area contributed by atoms with Crippen LogP contribution in [-0.4, -0.2) is 17.2 Å².